The first kappa shape index (κ1) is 13.4. The highest BCUT2D eigenvalue weighted by Gasteiger charge is 2.47. The first-order chi connectivity index (χ1) is 9.21. The summed E-state index contributed by atoms with van der Waals surface area (Å²) in [6.45, 7) is 1.41. The molecule has 2 atom stereocenters. The van der Waals surface area contributed by atoms with Crippen LogP contribution in [0.4, 0.5) is 0 Å². The van der Waals surface area contributed by atoms with Gasteiger partial charge in [-0.1, -0.05) is 35.4 Å². The van der Waals surface area contributed by atoms with Gasteiger partial charge in [0.05, 0.1) is 0 Å². The van der Waals surface area contributed by atoms with Gasteiger partial charge < -0.3 is 10.4 Å². The van der Waals surface area contributed by atoms with Crippen molar-refractivity contribution >= 4 is 5.97 Å². The standard InChI is InChI=1S/C13H16N4O2/c14-17-16-13(12(18)19,10-5-2-1-3-6-10)11-7-4-8-15-9-11/h1-3,5-6,11,15H,4,7-9H2,(H,18,19). The average molecular weight is 260 g/mol. The zero-order valence-corrected chi connectivity index (χ0v) is 10.5. The van der Waals surface area contributed by atoms with E-state index >= 15 is 0 Å². The van der Waals surface area contributed by atoms with Crippen molar-refractivity contribution in [3.8, 4) is 0 Å². The Labute approximate surface area is 111 Å². The van der Waals surface area contributed by atoms with Crippen LogP contribution in [-0.4, -0.2) is 24.2 Å². The van der Waals surface area contributed by atoms with E-state index in [1.807, 2.05) is 6.07 Å². The summed E-state index contributed by atoms with van der Waals surface area (Å²) in [4.78, 5) is 14.6. The number of carbonyl (C=O) groups is 1. The third-order valence-electron chi connectivity index (χ3n) is 3.63. The minimum absolute atomic E-state index is 0.239. The van der Waals surface area contributed by atoms with Crippen LogP contribution in [0.3, 0.4) is 0 Å². The molecule has 1 aliphatic rings. The lowest BCUT2D eigenvalue weighted by atomic mass is 9.75. The van der Waals surface area contributed by atoms with Crippen LogP contribution in [0.15, 0.2) is 35.4 Å². The topological polar surface area (TPSA) is 98.1 Å². The van der Waals surface area contributed by atoms with Crippen LogP contribution in [0.1, 0.15) is 18.4 Å². The summed E-state index contributed by atoms with van der Waals surface area (Å²) in [5.74, 6) is -1.33. The third kappa shape index (κ3) is 2.41. The highest BCUT2D eigenvalue weighted by atomic mass is 16.4. The fourth-order valence-electron chi connectivity index (χ4n) is 2.69. The second-order valence-electron chi connectivity index (χ2n) is 4.67. The fourth-order valence-corrected chi connectivity index (χ4v) is 2.69. The summed E-state index contributed by atoms with van der Waals surface area (Å²) >= 11 is 0. The van der Waals surface area contributed by atoms with E-state index in [9.17, 15) is 9.90 Å². The van der Waals surface area contributed by atoms with Gasteiger partial charge in [-0.3, -0.25) is 4.79 Å². The number of nitrogens with zero attached hydrogens (tertiary/aromatic N) is 3. The Morgan fingerprint density at radius 3 is 2.74 bits per heavy atom. The second kappa shape index (κ2) is 5.73. The molecule has 1 aromatic carbocycles. The Balaban J connectivity index is 2.53. The van der Waals surface area contributed by atoms with E-state index in [0.29, 0.717) is 12.1 Å². The van der Waals surface area contributed by atoms with Crippen molar-refractivity contribution in [3.63, 3.8) is 0 Å². The molecule has 0 bridgehead atoms. The minimum atomic E-state index is -1.52. The van der Waals surface area contributed by atoms with E-state index in [-0.39, 0.29) is 5.92 Å². The molecule has 1 fully saturated rings. The molecule has 0 aliphatic carbocycles. The molecule has 1 aromatic rings. The quantitative estimate of drug-likeness (QED) is 0.493. The number of piperidine rings is 1. The first-order valence-corrected chi connectivity index (χ1v) is 6.27. The molecule has 6 heteroatoms. The Hall–Kier alpha value is -2.04. The third-order valence-corrected chi connectivity index (χ3v) is 3.63. The van der Waals surface area contributed by atoms with Crippen molar-refractivity contribution in [2.75, 3.05) is 13.1 Å². The second-order valence-corrected chi connectivity index (χ2v) is 4.67. The summed E-state index contributed by atoms with van der Waals surface area (Å²) < 4.78 is 0. The highest BCUT2D eigenvalue weighted by Crippen LogP contribution is 2.38. The molecule has 1 heterocycles. The van der Waals surface area contributed by atoms with Crippen molar-refractivity contribution < 1.29 is 9.90 Å². The summed E-state index contributed by atoms with van der Waals surface area (Å²) in [7, 11) is 0. The lowest BCUT2D eigenvalue weighted by Crippen LogP contribution is -2.47. The van der Waals surface area contributed by atoms with Crippen molar-refractivity contribution in [2.24, 2.45) is 11.0 Å². The molecule has 100 valence electrons. The van der Waals surface area contributed by atoms with Gasteiger partial charge in [0.2, 0.25) is 0 Å². The predicted molar refractivity (Wildman–Crippen MR) is 70.5 cm³/mol. The number of benzene rings is 1. The molecule has 0 aromatic heterocycles. The van der Waals surface area contributed by atoms with Crippen LogP contribution in [0.2, 0.25) is 0 Å². The van der Waals surface area contributed by atoms with Crippen molar-refractivity contribution in [2.45, 2.75) is 18.4 Å². The molecule has 6 nitrogen and oxygen atoms in total. The Bertz CT molecular complexity index is 489. The lowest BCUT2D eigenvalue weighted by Gasteiger charge is -2.36. The SMILES string of the molecule is [N-]=[N+]=NC(C(=O)O)(c1ccccc1)C1CCCNC1. The largest absolute Gasteiger partial charge is 0.480 e. The van der Waals surface area contributed by atoms with E-state index in [0.717, 1.165) is 19.4 Å². The van der Waals surface area contributed by atoms with Crippen LogP contribution >= 0.6 is 0 Å². The molecule has 1 saturated heterocycles. The zero-order valence-electron chi connectivity index (χ0n) is 10.5. The molecule has 0 radical (unpaired) electrons. The fraction of sp³-hybridized carbons (Fsp3) is 0.462. The first-order valence-electron chi connectivity index (χ1n) is 6.27. The van der Waals surface area contributed by atoms with E-state index < -0.39 is 11.5 Å². The number of aliphatic carboxylic acids is 1. The maximum Gasteiger partial charge on any atom is 0.320 e. The van der Waals surface area contributed by atoms with Crippen LogP contribution in [0.5, 0.6) is 0 Å². The molecule has 1 aliphatic heterocycles. The molecule has 0 saturated carbocycles. The highest BCUT2D eigenvalue weighted by molar-refractivity contribution is 5.81. The number of azide groups is 1. The van der Waals surface area contributed by atoms with E-state index in [1.54, 1.807) is 24.3 Å². The average Bonchev–Trinajstić information content (AvgIpc) is 2.46. The van der Waals surface area contributed by atoms with Crippen LogP contribution < -0.4 is 5.32 Å². The summed E-state index contributed by atoms with van der Waals surface area (Å²) in [6, 6.07) is 8.74. The lowest BCUT2D eigenvalue weighted by molar-refractivity contribution is -0.146. The Morgan fingerprint density at radius 2 is 2.21 bits per heavy atom. The molecule has 2 N–H and O–H groups in total. The smallest absolute Gasteiger partial charge is 0.320 e. The monoisotopic (exact) mass is 260 g/mol. The molecular weight excluding hydrogens is 244 g/mol. The van der Waals surface area contributed by atoms with Gasteiger partial charge in [-0.25, -0.2) is 0 Å². The van der Waals surface area contributed by atoms with Gasteiger partial charge in [0.15, 0.2) is 5.54 Å². The molecule has 19 heavy (non-hydrogen) atoms. The van der Waals surface area contributed by atoms with Gasteiger partial charge in [0.25, 0.3) is 0 Å². The Morgan fingerprint density at radius 1 is 1.47 bits per heavy atom. The molecule has 0 amide bonds. The van der Waals surface area contributed by atoms with Crippen LogP contribution in [-0.2, 0) is 10.3 Å². The summed E-state index contributed by atoms with van der Waals surface area (Å²) in [5.41, 5.74) is 7.83. The van der Waals surface area contributed by atoms with Crippen LogP contribution in [0.25, 0.3) is 10.4 Å². The van der Waals surface area contributed by atoms with E-state index in [2.05, 4.69) is 15.3 Å². The number of carboxylic acid groups (broad SMARTS) is 1. The summed E-state index contributed by atoms with van der Waals surface area (Å²) in [6.07, 6.45) is 1.61. The molecule has 0 spiro atoms. The molecular formula is C13H16N4O2. The van der Waals surface area contributed by atoms with Crippen molar-refractivity contribution in [3.05, 3.63) is 46.3 Å². The molecule has 2 rings (SSSR count). The van der Waals surface area contributed by atoms with E-state index in [1.165, 1.54) is 0 Å². The maximum absolute atomic E-state index is 11.8. The van der Waals surface area contributed by atoms with Crippen molar-refractivity contribution in [1.29, 1.82) is 0 Å². The number of hydrogen-bond donors (Lipinski definition) is 2. The number of nitrogens with one attached hydrogen (secondary N) is 1. The maximum atomic E-state index is 11.8. The van der Waals surface area contributed by atoms with Gasteiger partial charge in [-0.2, -0.15) is 0 Å². The predicted octanol–water partition coefficient (Wildman–Crippen LogP) is 2.28. The number of rotatable bonds is 4. The van der Waals surface area contributed by atoms with Crippen molar-refractivity contribution in [1.82, 2.24) is 5.32 Å². The van der Waals surface area contributed by atoms with Gasteiger partial charge in [0.1, 0.15) is 0 Å². The van der Waals surface area contributed by atoms with Gasteiger partial charge in [-0.05, 0) is 42.9 Å². The van der Waals surface area contributed by atoms with E-state index in [4.69, 9.17) is 5.53 Å². The molecule has 2 unspecified atom stereocenters. The Kier molecular flexibility index (Phi) is 4.04. The van der Waals surface area contributed by atoms with Crippen LogP contribution in [0, 0.1) is 5.92 Å². The minimum Gasteiger partial charge on any atom is -0.480 e. The number of hydrogen-bond acceptors (Lipinski definition) is 3. The normalized spacial score (nSPS) is 22.0. The number of carboxylic acids is 1. The van der Waals surface area contributed by atoms with Gasteiger partial charge >= 0.3 is 5.97 Å². The summed E-state index contributed by atoms with van der Waals surface area (Å²) in [5, 5.41) is 16.5. The van der Waals surface area contributed by atoms with Gasteiger partial charge in [-0.15, -0.1) is 0 Å². The van der Waals surface area contributed by atoms with Gasteiger partial charge in [0, 0.05) is 4.91 Å². The zero-order chi connectivity index (χ0) is 13.7.